The van der Waals surface area contributed by atoms with Gasteiger partial charge < -0.3 is 4.90 Å². The van der Waals surface area contributed by atoms with Crippen molar-refractivity contribution in [1.29, 1.82) is 0 Å². The van der Waals surface area contributed by atoms with Gasteiger partial charge in [0.1, 0.15) is 0 Å². The zero-order valence-electron chi connectivity index (χ0n) is 12.7. The van der Waals surface area contributed by atoms with Crippen molar-refractivity contribution in [2.24, 2.45) is 0 Å². The fourth-order valence-corrected chi connectivity index (χ4v) is 3.24. The quantitative estimate of drug-likeness (QED) is 0.864. The first-order valence-corrected chi connectivity index (χ1v) is 7.58. The molecule has 1 amide bonds. The Hall–Kier alpha value is -1.87. The molecule has 3 heteroatoms. The Morgan fingerprint density at radius 1 is 1.19 bits per heavy atom. The van der Waals surface area contributed by atoms with E-state index < -0.39 is 0 Å². The number of amides is 1. The maximum Gasteiger partial charge on any atom is 0.239 e. The monoisotopic (exact) mass is 282 g/mol. The van der Waals surface area contributed by atoms with Gasteiger partial charge in [-0.15, -0.1) is 0 Å². The molecule has 0 bridgehead atoms. The van der Waals surface area contributed by atoms with E-state index in [-0.39, 0.29) is 11.9 Å². The third-order valence-electron chi connectivity index (χ3n) is 4.34. The smallest absolute Gasteiger partial charge is 0.239 e. The first-order valence-electron chi connectivity index (χ1n) is 7.58. The number of likely N-dealkylation sites (N-methyl/N-ethyl adjacent to an activating group) is 1. The van der Waals surface area contributed by atoms with Gasteiger partial charge >= 0.3 is 0 Å². The van der Waals surface area contributed by atoms with Crippen LogP contribution >= 0.6 is 0 Å². The van der Waals surface area contributed by atoms with Crippen LogP contribution in [0.15, 0.2) is 42.5 Å². The molecule has 3 nitrogen and oxygen atoms in total. The zero-order valence-corrected chi connectivity index (χ0v) is 12.7. The molecule has 1 heterocycles. The highest BCUT2D eigenvalue weighted by molar-refractivity contribution is 5.86. The van der Waals surface area contributed by atoms with Gasteiger partial charge in [0.2, 0.25) is 5.91 Å². The summed E-state index contributed by atoms with van der Waals surface area (Å²) in [5.41, 5.74) is 1.31. The van der Waals surface area contributed by atoms with Crippen molar-refractivity contribution in [3.05, 3.63) is 48.0 Å². The van der Waals surface area contributed by atoms with Gasteiger partial charge in [0.25, 0.3) is 0 Å². The summed E-state index contributed by atoms with van der Waals surface area (Å²) in [6.07, 6.45) is 2.08. The predicted octanol–water partition coefficient (Wildman–Crippen LogP) is 2.89. The maximum atomic E-state index is 12.3. The van der Waals surface area contributed by atoms with Crippen molar-refractivity contribution in [1.82, 2.24) is 9.80 Å². The van der Waals surface area contributed by atoms with Crippen LogP contribution < -0.4 is 0 Å². The van der Waals surface area contributed by atoms with Gasteiger partial charge in [0.15, 0.2) is 0 Å². The van der Waals surface area contributed by atoms with Crippen molar-refractivity contribution in [2.45, 2.75) is 25.4 Å². The van der Waals surface area contributed by atoms with E-state index in [0.717, 1.165) is 25.9 Å². The van der Waals surface area contributed by atoms with E-state index in [1.807, 2.05) is 14.1 Å². The Morgan fingerprint density at radius 3 is 2.76 bits per heavy atom. The minimum absolute atomic E-state index is 0.0407. The number of hydrogen-bond donors (Lipinski definition) is 0. The van der Waals surface area contributed by atoms with Gasteiger partial charge in [-0.3, -0.25) is 9.69 Å². The second kappa shape index (κ2) is 5.86. The molecule has 0 N–H and O–H groups in total. The third kappa shape index (κ3) is 2.79. The zero-order chi connectivity index (χ0) is 14.8. The van der Waals surface area contributed by atoms with Crippen LogP contribution in [-0.4, -0.2) is 42.4 Å². The van der Waals surface area contributed by atoms with E-state index >= 15 is 0 Å². The lowest BCUT2D eigenvalue weighted by Gasteiger charge is -2.26. The minimum Gasteiger partial charge on any atom is -0.347 e. The maximum absolute atomic E-state index is 12.3. The number of benzene rings is 2. The van der Waals surface area contributed by atoms with Crippen molar-refractivity contribution >= 4 is 16.7 Å². The highest BCUT2D eigenvalue weighted by Crippen LogP contribution is 2.25. The number of rotatable bonds is 3. The molecule has 1 aliphatic heterocycles. The van der Waals surface area contributed by atoms with Gasteiger partial charge in [-0.2, -0.15) is 0 Å². The molecular formula is C18H22N2O. The van der Waals surface area contributed by atoms with E-state index in [0.29, 0.717) is 0 Å². The second-order valence-corrected chi connectivity index (χ2v) is 6.00. The van der Waals surface area contributed by atoms with Crippen LogP contribution in [0.2, 0.25) is 0 Å². The number of hydrogen-bond acceptors (Lipinski definition) is 2. The number of nitrogens with zero attached hydrogens (tertiary/aromatic N) is 2. The Bertz CT molecular complexity index is 645. The van der Waals surface area contributed by atoms with Crippen LogP contribution in [0.25, 0.3) is 10.8 Å². The summed E-state index contributed by atoms with van der Waals surface area (Å²) in [5.74, 6) is 0.229. The van der Waals surface area contributed by atoms with E-state index in [1.54, 1.807) is 4.90 Å². The molecule has 2 aromatic rings. The molecule has 3 rings (SSSR count). The Labute approximate surface area is 126 Å². The van der Waals surface area contributed by atoms with Gasteiger partial charge in [0.05, 0.1) is 6.04 Å². The molecule has 1 saturated heterocycles. The summed E-state index contributed by atoms with van der Waals surface area (Å²) in [6.45, 7) is 1.86. The lowest BCUT2D eigenvalue weighted by molar-refractivity contribution is -0.133. The van der Waals surface area contributed by atoms with Crippen molar-refractivity contribution in [2.75, 3.05) is 20.6 Å². The highest BCUT2D eigenvalue weighted by Gasteiger charge is 2.31. The van der Waals surface area contributed by atoms with Crippen molar-refractivity contribution in [3.8, 4) is 0 Å². The second-order valence-electron chi connectivity index (χ2n) is 6.00. The van der Waals surface area contributed by atoms with Crippen molar-refractivity contribution in [3.63, 3.8) is 0 Å². The molecule has 0 aromatic heterocycles. The van der Waals surface area contributed by atoms with Crippen LogP contribution in [0, 0.1) is 0 Å². The van der Waals surface area contributed by atoms with Gasteiger partial charge in [-0.05, 0) is 35.7 Å². The number of carbonyl (C=O) groups is 1. The summed E-state index contributed by atoms with van der Waals surface area (Å²) in [6, 6.07) is 14.9. The van der Waals surface area contributed by atoms with Crippen molar-refractivity contribution < 1.29 is 4.79 Å². The highest BCUT2D eigenvalue weighted by atomic mass is 16.2. The normalized spacial score (nSPS) is 19.0. The lowest BCUT2D eigenvalue weighted by atomic mass is 10.0. The van der Waals surface area contributed by atoms with Crippen LogP contribution in [0.1, 0.15) is 18.4 Å². The Kier molecular flexibility index (Phi) is 3.93. The van der Waals surface area contributed by atoms with E-state index in [9.17, 15) is 4.79 Å². The Morgan fingerprint density at radius 2 is 1.95 bits per heavy atom. The summed E-state index contributed by atoms with van der Waals surface area (Å²) < 4.78 is 0. The van der Waals surface area contributed by atoms with E-state index in [4.69, 9.17) is 0 Å². The predicted molar refractivity (Wildman–Crippen MR) is 86.1 cm³/mol. The number of likely N-dealkylation sites (tertiary alicyclic amines) is 1. The minimum atomic E-state index is 0.0407. The average molecular weight is 282 g/mol. The molecule has 0 radical (unpaired) electrons. The molecular weight excluding hydrogens is 260 g/mol. The van der Waals surface area contributed by atoms with E-state index in [1.165, 1.54) is 16.3 Å². The largest absolute Gasteiger partial charge is 0.347 e. The fraction of sp³-hybridized carbons (Fsp3) is 0.389. The van der Waals surface area contributed by atoms with Gasteiger partial charge in [-0.1, -0.05) is 42.5 Å². The van der Waals surface area contributed by atoms with E-state index in [2.05, 4.69) is 47.4 Å². The lowest BCUT2D eigenvalue weighted by Crippen LogP contribution is -2.42. The third-order valence-corrected chi connectivity index (χ3v) is 4.34. The SMILES string of the molecule is CN(C)C(=O)C1CCCN1Cc1cccc2ccccc12. The van der Waals surface area contributed by atoms with Crippen LogP contribution in [-0.2, 0) is 11.3 Å². The molecule has 1 unspecified atom stereocenters. The summed E-state index contributed by atoms with van der Waals surface area (Å²) in [7, 11) is 3.69. The standard InChI is InChI=1S/C18H22N2O/c1-19(2)18(21)17-11-6-12-20(17)13-15-9-5-8-14-7-3-4-10-16(14)15/h3-5,7-10,17H,6,11-13H2,1-2H3. The first-order chi connectivity index (χ1) is 10.2. The van der Waals surface area contributed by atoms with Crippen LogP contribution in [0.4, 0.5) is 0 Å². The van der Waals surface area contributed by atoms with Crippen LogP contribution in [0.3, 0.4) is 0 Å². The molecule has 2 aromatic carbocycles. The topological polar surface area (TPSA) is 23.6 Å². The summed E-state index contributed by atoms with van der Waals surface area (Å²) in [5, 5.41) is 2.56. The molecule has 1 aliphatic rings. The average Bonchev–Trinajstić information content (AvgIpc) is 2.95. The molecule has 1 atom stereocenters. The summed E-state index contributed by atoms with van der Waals surface area (Å²) in [4.78, 5) is 16.3. The number of fused-ring (bicyclic) bond motifs is 1. The fourth-order valence-electron chi connectivity index (χ4n) is 3.24. The molecule has 21 heavy (non-hydrogen) atoms. The van der Waals surface area contributed by atoms with Crippen LogP contribution in [0.5, 0.6) is 0 Å². The molecule has 0 spiro atoms. The molecule has 0 saturated carbocycles. The molecule has 1 fully saturated rings. The Balaban J connectivity index is 1.86. The number of carbonyl (C=O) groups excluding carboxylic acids is 1. The first kappa shape index (κ1) is 14.1. The summed E-state index contributed by atoms with van der Waals surface area (Å²) >= 11 is 0. The molecule has 0 aliphatic carbocycles. The van der Waals surface area contributed by atoms with Gasteiger partial charge in [0, 0.05) is 20.6 Å². The molecule has 110 valence electrons. The van der Waals surface area contributed by atoms with Gasteiger partial charge in [-0.25, -0.2) is 0 Å².